The molecule has 1 aliphatic rings. The van der Waals surface area contributed by atoms with Gasteiger partial charge in [-0.15, -0.1) is 4.40 Å². The normalized spacial score (nSPS) is 15.0. The van der Waals surface area contributed by atoms with Crippen molar-refractivity contribution in [3.63, 3.8) is 0 Å². The van der Waals surface area contributed by atoms with Crippen LogP contribution in [-0.4, -0.2) is 65.4 Å². The summed E-state index contributed by atoms with van der Waals surface area (Å²) in [5.41, 5.74) is 0. The van der Waals surface area contributed by atoms with E-state index in [9.17, 15) is 18.3 Å². The van der Waals surface area contributed by atoms with Crippen molar-refractivity contribution in [2.24, 2.45) is 4.40 Å². The fourth-order valence-corrected chi connectivity index (χ4v) is 3.54. The number of ether oxygens (including phenoxy) is 2. The molecule has 0 unspecified atom stereocenters. The lowest BCUT2D eigenvalue weighted by molar-refractivity contribution is -0.909. The Labute approximate surface area is 194 Å². The van der Waals surface area contributed by atoms with Gasteiger partial charge in [-0.25, -0.2) is 0 Å². The maximum Gasteiger partial charge on any atom is 0.427 e. The van der Waals surface area contributed by atoms with Gasteiger partial charge in [-0.3, -0.25) is 4.79 Å². The zero-order valence-electron chi connectivity index (χ0n) is 20.4. The summed E-state index contributed by atoms with van der Waals surface area (Å²) in [6, 6.07) is 0. The average Bonchev–Trinajstić information content (AvgIpc) is 2.64. The number of esters is 1. The number of unbranched alkanes of at least 4 members (excludes halogenated alkanes) is 8. The van der Waals surface area contributed by atoms with Gasteiger partial charge in [0.05, 0.1) is 20.7 Å². The minimum atomic E-state index is -3.97. The summed E-state index contributed by atoms with van der Waals surface area (Å²) in [6.07, 6.45) is 13.0. The third-order valence-electron chi connectivity index (χ3n) is 4.60. The molecule has 9 nitrogen and oxygen atoms in total. The van der Waals surface area contributed by atoms with Crippen LogP contribution in [0, 0.1) is 0 Å². The molecule has 1 heterocycles. The van der Waals surface area contributed by atoms with Gasteiger partial charge in [0, 0.05) is 12.8 Å². The van der Waals surface area contributed by atoms with E-state index in [1.807, 2.05) is 0 Å². The summed E-state index contributed by atoms with van der Waals surface area (Å²) in [6.45, 7) is 7.84. The van der Waals surface area contributed by atoms with Crippen LogP contribution < -0.4 is 5.11 Å². The summed E-state index contributed by atoms with van der Waals surface area (Å²) in [5, 5.41) is 10.4. The van der Waals surface area contributed by atoms with Crippen molar-refractivity contribution in [3.05, 3.63) is 11.8 Å². The smallest absolute Gasteiger partial charge is 0.427 e. The molecule has 1 aliphatic heterocycles. The van der Waals surface area contributed by atoms with Gasteiger partial charge in [-0.1, -0.05) is 58.3 Å². The number of quaternary nitrogens is 1. The van der Waals surface area contributed by atoms with Gasteiger partial charge in [0.2, 0.25) is 0 Å². The maximum atomic E-state index is 10.7. The van der Waals surface area contributed by atoms with Crippen LogP contribution >= 0.6 is 0 Å². The van der Waals surface area contributed by atoms with Crippen molar-refractivity contribution in [3.8, 4) is 0 Å². The third kappa shape index (κ3) is 19.1. The molecule has 0 aromatic carbocycles. The summed E-state index contributed by atoms with van der Waals surface area (Å²) < 4.78 is 39.2. The number of carbonyl (C=O) groups is 1. The number of carbonyl (C=O) groups excluding carboxylic acids is 1. The van der Waals surface area contributed by atoms with E-state index in [1.165, 1.54) is 65.2 Å². The third-order valence-corrected chi connectivity index (χ3v) is 5.48. The molecular weight excluding hydrogens is 436 g/mol. The first-order valence-electron chi connectivity index (χ1n) is 11.4. The molecule has 0 aromatic rings. The molecule has 0 N–H and O–H groups in total. The molecule has 0 bridgehead atoms. The second-order valence-electron chi connectivity index (χ2n) is 8.56. The fourth-order valence-electron chi connectivity index (χ4n) is 2.85. The van der Waals surface area contributed by atoms with Crippen LogP contribution in [0.2, 0.25) is 0 Å². The van der Waals surface area contributed by atoms with Gasteiger partial charge in [0.1, 0.15) is 18.9 Å². The highest BCUT2D eigenvalue weighted by atomic mass is 32.2. The van der Waals surface area contributed by atoms with Crippen LogP contribution in [0.3, 0.4) is 0 Å². The van der Waals surface area contributed by atoms with Crippen molar-refractivity contribution < 1.29 is 36.5 Å². The zero-order valence-corrected chi connectivity index (χ0v) is 21.2. The lowest BCUT2D eigenvalue weighted by Gasteiger charge is -2.28. The van der Waals surface area contributed by atoms with E-state index in [0.717, 1.165) is 30.1 Å². The van der Waals surface area contributed by atoms with E-state index < -0.39 is 16.2 Å². The predicted molar refractivity (Wildman–Crippen MR) is 123 cm³/mol. The van der Waals surface area contributed by atoms with E-state index >= 15 is 0 Å². The van der Waals surface area contributed by atoms with E-state index in [2.05, 4.69) is 29.6 Å². The van der Waals surface area contributed by atoms with Gasteiger partial charge in [-0.05, 0) is 19.4 Å². The highest BCUT2D eigenvalue weighted by Gasteiger charge is 2.15. The zero-order chi connectivity index (χ0) is 24.5. The van der Waals surface area contributed by atoms with Crippen LogP contribution in [0.5, 0.6) is 0 Å². The lowest BCUT2D eigenvalue weighted by Crippen LogP contribution is -2.44. The Balaban J connectivity index is 0.000000792. The van der Waals surface area contributed by atoms with E-state index in [4.69, 9.17) is 9.47 Å². The van der Waals surface area contributed by atoms with Crippen molar-refractivity contribution >= 4 is 22.2 Å². The van der Waals surface area contributed by atoms with E-state index in [-0.39, 0.29) is 11.7 Å². The van der Waals surface area contributed by atoms with Crippen LogP contribution in [-0.2, 0) is 28.8 Å². The molecule has 0 spiro atoms. The molecule has 188 valence electrons. The predicted octanol–water partition coefficient (Wildman–Crippen LogP) is 3.05. The molecule has 0 aliphatic carbocycles. The Morgan fingerprint density at radius 3 is 2.12 bits per heavy atom. The van der Waals surface area contributed by atoms with Gasteiger partial charge in [0.25, 0.3) is 0 Å². The molecule has 10 heteroatoms. The number of rotatable bonds is 15. The van der Waals surface area contributed by atoms with Crippen molar-refractivity contribution in [1.29, 1.82) is 0 Å². The topological polar surface area (TPSA) is 114 Å². The average molecular weight is 479 g/mol. The molecule has 0 saturated carbocycles. The Hall–Kier alpha value is -1.65. The largest absolute Gasteiger partial charge is 0.858 e. The van der Waals surface area contributed by atoms with Crippen molar-refractivity contribution in [2.45, 2.75) is 78.6 Å². The molecular formula is C22H42N2O7S. The van der Waals surface area contributed by atoms with Crippen molar-refractivity contribution in [1.82, 2.24) is 0 Å². The summed E-state index contributed by atoms with van der Waals surface area (Å²) in [5.74, 6) is -0.973. The van der Waals surface area contributed by atoms with Crippen LogP contribution in [0.4, 0.5) is 0 Å². The Morgan fingerprint density at radius 2 is 1.62 bits per heavy atom. The second-order valence-corrected chi connectivity index (χ2v) is 9.77. The van der Waals surface area contributed by atoms with Crippen LogP contribution in [0.25, 0.3) is 0 Å². The Morgan fingerprint density at radius 1 is 1.06 bits per heavy atom. The molecule has 1 rings (SSSR count). The number of hydrogen-bond donors (Lipinski definition) is 0. The number of hydrogen-bond acceptors (Lipinski definition) is 7. The quantitative estimate of drug-likeness (QED) is 0.154. The number of nitrogens with zero attached hydrogens (tertiary/aromatic N) is 2. The molecule has 0 radical (unpaired) electrons. The molecule has 0 fully saturated rings. The second kappa shape index (κ2) is 16.9. The molecule has 0 atom stereocenters. The van der Waals surface area contributed by atoms with Crippen LogP contribution in [0.15, 0.2) is 16.2 Å². The first-order chi connectivity index (χ1) is 15.0. The summed E-state index contributed by atoms with van der Waals surface area (Å²) >= 11 is 0. The van der Waals surface area contributed by atoms with Gasteiger partial charge < -0.3 is 23.2 Å². The van der Waals surface area contributed by atoms with Gasteiger partial charge >= 0.3 is 16.3 Å². The molecule has 0 aromatic heterocycles. The number of likely N-dealkylation sites (N-methyl/N-ethyl adjacent to an activating group) is 1. The molecule has 0 saturated heterocycles. The monoisotopic (exact) mass is 478 g/mol. The minimum absolute atomic E-state index is 0.0417. The summed E-state index contributed by atoms with van der Waals surface area (Å²) in [7, 11) is 0.220. The van der Waals surface area contributed by atoms with E-state index in [1.54, 1.807) is 0 Å². The molecule has 32 heavy (non-hydrogen) atoms. The van der Waals surface area contributed by atoms with E-state index in [0.29, 0.717) is 13.3 Å². The first-order valence-corrected chi connectivity index (χ1v) is 12.8. The highest BCUT2D eigenvalue weighted by molar-refractivity contribution is 7.85. The molecule has 0 amide bonds. The standard InChI is InChI=1S/C18H38NO3.C4H5NO4S/c1-5-6-7-8-9-10-11-12-13-15-21-17-19(3,4)14-16-22-18(2)20;1-3-2-4(6)5-10(7,8)9-3/h5-17H2,1-4H3;2H,1H3,(H,5,6)/q+1;/p-1. The fraction of sp³-hybridized carbons (Fsp3) is 0.818. The van der Waals surface area contributed by atoms with Crippen molar-refractivity contribution in [2.75, 3.05) is 40.6 Å². The minimum Gasteiger partial charge on any atom is -0.858 e. The Bertz CT molecular complexity index is 688. The van der Waals surface area contributed by atoms with Gasteiger partial charge in [-0.2, -0.15) is 8.42 Å². The SMILES string of the molecule is CC1=CC([O-])=NS(=O)(=O)O1.CCCCCCCCCCCOC[N+](C)(C)CCOC(C)=O. The Kier molecular flexibility index (Phi) is 16.0. The maximum absolute atomic E-state index is 10.7. The number of allylic oxidation sites excluding steroid dienone is 1. The first kappa shape index (κ1) is 30.4. The highest BCUT2D eigenvalue weighted by Crippen LogP contribution is 2.10. The lowest BCUT2D eigenvalue weighted by atomic mass is 10.1. The van der Waals surface area contributed by atoms with Gasteiger partial charge in [0.15, 0.2) is 6.73 Å². The van der Waals surface area contributed by atoms with Crippen LogP contribution in [0.1, 0.15) is 78.6 Å². The summed E-state index contributed by atoms with van der Waals surface area (Å²) in [4.78, 5) is 10.7.